The molecular formula is C30H28N6O3. The number of anilines is 2. The SMILES string of the molecule is N=C(C(=O)Nc1ccc(C(=O)NC2CCCC2)nc1)c1cc(-c2cncc(Oc3ccccc3)c2)ccc1N. The van der Waals surface area contributed by atoms with Gasteiger partial charge in [0.25, 0.3) is 11.8 Å². The van der Waals surface area contributed by atoms with E-state index in [1.165, 1.54) is 6.20 Å². The number of nitrogen functional groups attached to an aromatic ring is 1. The molecule has 1 aliphatic carbocycles. The van der Waals surface area contributed by atoms with Crippen molar-refractivity contribution >= 4 is 28.9 Å². The second kappa shape index (κ2) is 11.6. The third kappa shape index (κ3) is 6.27. The molecule has 0 atom stereocenters. The zero-order valence-electron chi connectivity index (χ0n) is 21.2. The maximum absolute atomic E-state index is 12.9. The molecule has 4 aromatic rings. The van der Waals surface area contributed by atoms with Crippen LogP contribution in [-0.2, 0) is 4.79 Å². The van der Waals surface area contributed by atoms with Gasteiger partial charge in [0.05, 0.1) is 18.1 Å². The summed E-state index contributed by atoms with van der Waals surface area (Å²) in [5.74, 6) is 0.357. The normalized spacial score (nSPS) is 13.0. The Hall–Kier alpha value is -5.05. The Morgan fingerprint density at radius 2 is 1.69 bits per heavy atom. The first kappa shape index (κ1) is 25.6. The fraction of sp³-hybridized carbons (Fsp3) is 0.167. The molecule has 0 unspecified atom stereocenters. The van der Waals surface area contributed by atoms with E-state index >= 15 is 0 Å². The fourth-order valence-corrected chi connectivity index (χ4v) is 4.46. The molecule has 196 valence electrons. The summed E-state index contributed by atoms with van der Waals surface area (Å²) in [6.45, 7) is 0. The molecule has 2 aromatic carbocycles. The summed E-state index contributed by atoms with van der Waals surface area (Å²) in [7, 11) is 0. The average molecular weight is 521 g/mol. The van der Waals surface area contributed by atoms with Gasteiger partial charge in [0.2, 0.25) is 0 Å². The van der Waals surface area contributed by atoms with Gasteiger partial charge in [0.15, 0.2) is 0 Å². The first-order valence-corrected chi connectivity index (χ1v) is 12.7. The van der Waals surface area contributed by atoms with E-state index in [-0.39, 0.29) is 28.9 Å². The summed E-state index contributed by atoms with van der Waals surface area (Å²) in [5.41, 5.74) is 8.51. The van der Waals surface area contributed by atoms with E-state index < -0.39 is 5.91 Å². The van der Waals surface area contributed by atoms with Crippen LogP contribution in [0.3, 0.4) is 0 Å². The van der Waals surface area contributed by atoms with Gasteiger partial charge in [-0.3, -0.25) is 20.0 Å². The van der Waals surface area contributed by atoms with Gasteiger partial charge in [-0.05, 0) is 60.9 Å². The molecule has 1 fully saturated rings. The van der Waals surface area contributed by atoms with Crippen molar-refractivity contribution in [1.29, 1.82) is 5.41 Å². The van der Waals surface area contributed by atoms with Crippen LogP contribution in [0.5, 0.6) is 11.5 Å². The molecule has 39 heavy (non-hydrogen) atoms. The van der Waals surface area contributed by atoms with Gasteiger partial charge in [-0.2, -0.15) is 0 Å². The van der Waals surface area contributed by atoms with Gasteiger partial charge in [-0.15, -0.1) is 0 Å². The molecule has 9 nitrogen and oxygen atoms in total. The predicted molar refractivity (Wildman–Crippen MR) is 150 cm³/mol. The topological polar surface area (TPSA) is 143 Å². The Labute approximate surface area is 226 Å². The van der Waals surface area contributed by atoms with E-state index in [1.54, 1.807) is 42.7 Å². The van der Waals surface area contributed by atoms with Crippen LogP contribution in [0, 0.1) is 5.41 Å². The number of ether oxygens (including phenoxy) is 1. The highest BCUT2D eigenvalue weighted by Gasteiger charge is 2.20. The number of nitrogens with zero attached hydrogens (tertiary/aromatic N) is 2. The number of hydrogen-bond donors (Lipinski definition) is 4. The number of rotatable bonds is 8. The predicted octanol–water partition coefficient (Wildman–Crippen LogP) is 5.20. The van der Waals surface area contributed by atoms with Crippen molar-refractivity contribution in [2.75, 3.05) is 11.1 Å². The van der Waals surface area contributed by atoms with Crippen molar-refractivity contribution in [3.05, 3.63) is 96.6 Å². The average Bonchev–Trinajstić information content (AvgIpc) is 3.47. The minimum absolute atomic E-state index is 0.190. The molecule has 1 aliphatic rings. The Bertz CT molecular complexity index is 1500. The number of pyridine rings is 2. The highest BCUT2D eigenvalue weighted by molar-refractivity contribution is 6.48. The van der Waals surface area contributed by atoms with Crippen LogP contribution in [0.2, 0.25) is 0 Å². The molecule has 9 heteroatoms. The number of carbonyl (C=O) groups is 2. The van der Waals surface area contributed by atoms with Crippen molar-refractivity contribution in [1.82, 2.24) is 15.3 Å². The summed E-state index contributed by atoms with van der Waals surface area (Å²) in [6, 6.07) is 19.7. The highest BCUT2D eigenvalue weighted by atomic mass is 16.5. The van der Waals surface area contributed by atoms with Crippen molar-refractivity contribution < 1.29 is 14.3 Å². The number of amides is 2. The second-order valence-electron chi connectivity index (χ2n) is 9.34. The molecule has 5 N–H and O–H groups in total. The number of nitrogens with one attached hydrogen (secondary N) is 3. The summed E-state index contributed by atoms with van der Waals surface area (Å²) < 4.78 is 5.88. The number of nitrogens with two attached hydrogens (primary N) is 1. The van der Waals surface area contributed by atoms with Crippen molar-refractivity contribution in [2.24, 2.45) is 0 Å². The van der Waals surface area contributed by atoms with E-state index in [4.69, 9.17) is 15.9 Å². The molecule has 0 aliphatic heterocycles. The maximum atomic E-state index is 12.9. The minimum Gasteiger partial charge on any atom is -0.456 e. The van der Waals surface area contributed by atoms with Gasteiger partial charge in [-0.1, -0.05) is 37.1 Å². The Morgan fingerprint density at radius 3 is 2.44 bits per heavy atom. The summed E-state index contributed by atoms with van der Waals surface area (Å²) in [6.07, 6.45) is 8.89. The number of hydrogen-bond acceptors (Lipinski definition) is 7. The zero-order chi connectivity index (χ0) is 27.2. The molecular weight excluding hydrogens is 492 g/mol. The molecule has 0 saturated heterocycles. The lowest BCUT2D eigenvalue weighted by molar-refractivity contribution is -0.110. The lowest BCUT2D eigenvalue weighted by Crippen LogP contribution is -2.33. The molecule has 5 rings (SSSR count). The first-order chi connectivity index (χ1) is 19.0. The highest BCUT2D eigenvalue weighted by Crippen LogP contribution is 2.28. The van der Waals surface area contributed by atoms with Gasteiger partial charge in [0, 0.05) is 29.1 Å². The van der Waals surface area contributed by atoms with E-state index in [9.17, 15) is 9.59 Å². The third-order valence-corrected chi connectivity index (χ3v) is 6.52. The molecule has 1 saturated carbocycles. The monoisotopic (exact) mass is 520 g/mol. The molecule has 2 aromatic heterocycles. The standard InChI is InChI=1S/C30H28N6O3/c31-26-12-10-19(20-14-24(18-33-16-20)39-23-8-2-1-3-9-23)15-25(26)28(32)30(38)36-22-11-13-27(34-17-22)29(37)35-21-6-4-5-7-21/h1-3,8-18,21,32H,4-7,31H2,(H,35,37)(H,36,38). The van der Waals surface area contributed by atoms with Gasteiger partial charge in [0.1, 0.15) is 22.9 Å². The van der Waals surface area contributed by atoms with Crippen molar-refractivity contribution in [2.45, 2.75) is 31.7 Å². The minimum atomic E-state index is -0.650. The third-order valence-electron chi connectivity index (χ3n) is 6.52. The lowest BCUT2D eigenvalue weighted by Gasteiger charge is -2.13. The first-order valence-electron chi connectivity index (χ1n) is 12.7. The zero-order valence-corrected chi connectivity index (χ0v) is 21.2. The summed E-state index contributed by atoms with van der Waals surface area (Å²) in [5, 5.41) is 14.1. The number of para-hydroxylation sites is 1. The van der Waals surface area contributed by atoms with Gasteiger partial charge in [-0.25, -0.2) is 4.98 Å². The second-order valence-corrected chi connectivity index (χ2v) is 9.34. The Morgan fingerprint density at radius 1 is 0.897 bits per heavy atom. The van der Waals surface area contributed by atoms with Crippen LogP contribution in [0.4, 0.5) is 11.4 Å². The van der Waals surface area contributed by atoms with Crippen LogP contribution < -0.4 is 21.1 Å². The Balaban J connectivity index is 1.27. The lowest BCUT2D eigenvalue weighted by atomic mass is 10.00. The van der Waals surface area contributed by atoms with Crippen LogP contribution >= 0.6 is 0 Å². The largest absolute Gasteiger partial charge is 0.456 e. The number of aromatic nitrogens is 2. The molecule has 2 amide bonds. The molecule has 0 bridgehead atoms. The summed E-state index contributed by atoms with van der Waals surface area (Å²) >= 11 is 0. The van der Waals surface area contributed by atoms with E-state index in [2.05, 4.69) is 20.6 Å². The summed E-state index contributed by atoms with van der Waals surface area (Å²) in [4.78, 5) is 33.7. The van der Waals surface area contributed by atoms with Gasteiger partial charge < -0.3 is 21.1 Å². The molecule has 2 heterocycles. The van der Waals surface area contributed by atoms with Crippen LogP contribution in [0.25, 0.3) is 11.1 Å². The Kier molecular flexibility index (Phi) is 7.58. The smallest absolute Gasteiger partial charge is 0.274 e. The van der Waals surface area contributed by atoms with Crippen LogP contribution in [0.15, 0.2) is 85.3 Å². The van der Waals surface area contributed by atoms with Crippen molar-refractivity contribution in [3.63, 3.8) is 0 Å². The van der Waals surface area contributed by atoms with Crippen LogP contribution in [-0.4, -0.2) is 33.5 Å². The van der Waals surface area contributed by atoms with E-state index in [0.717, 1.165) is 36.8 Å². The molecule has 0 spiro atoms. The number of benzene rings is 2. The van der Waals surface area contributed by atoms with Crippen LogP contribution in [0.1, 0.15) is 41.7 Å². The van der Waals surface area contributed by atoms with Crippen molar-refractivity contribution in [3.8, 4) is 22.6 Å². The quantitative estimate of drug-likeness (QED) is 0.186. The molecule has 0 radical (unpaired) electrons. The van der Waals surface area contributed by atoms with E-state index in [1.807, 2.05) is 36.4 Å². The fourth-order valence-electron chi connectivity index (χ4n) is 4.46. The van der Waals surface area contributed by atoms with E-state index in [0.29, 0.717) is 22.9 Å². The maximum Gasteiger partial charge on any atom is 0.274 e. The number of carbonyl (C=O) groups excluding carboxylic acids is 2. The van der Waals surface area contributed by atoms with Gasteiger partial charge >= 0.3 is 0 Å².